The highest BCUT2D eigenvalue weighted by atomic mass is 32.1. The largest absolute Gasteiger partial charge is 0.308 e. The van der Waals surface area contributed by atoms with Crippen molar-refractivity contribution in [1.82, 2.24) is 4.57 Å². The van der Waals surface area contributed by atoms with Crippen molar-refractivity contribution in [2.24, 2.45) is 0 Å². The van der Waals surface area contributed by atoms with E-state index in [1.807, 2.05) is 30.5 Å². The summed E-state index contributed by atoms with van der Waals surface area (Å²) in [6.07, 6.45) is 0. The molecule has 1 aromatic heterocycles. The maximum atomic E-state index is 11.5. The van der Waals surface area contributed by atoms with E-state index in [1.165, 1.54) is 16.9 Å². The van der Waals surface area contributed by atoms with Gasteiger partial charge in [-0.1, -0.05) is 17.4 Å². The maximum absolute atomic E-state index is 11.5. The number of rotatable bonds is 1. The Kier molecular flexibility index (Phi) is 1.96. The molecule has 0 aliphatic carbocycles. The first-order valence-electron chi connectivity index (χ1n) is 4.32. The third-order valence-corrected chi connectivity index (χ3v) is 3.10. The Bertz CT molecular complexity index is 495. The van der Waals surface area contributed by atoms with Crippen molar-refractivity contribution in [1.29, 1.82) is 0 Å². The molecule has 1 aromatic carbocycles. The fourth-order valence-electron chi connectivity index (χ4n) is 1.47. The van der Waals surface area contributed by atoms with Crippen LogP contribution in [0.15, 0.2) is 23.0 Å². The first-order valence-corrected chi connectivity index (χ1v) is 5.14. The molecule has 0 fully saturated rings. The number of benzene rings is 1. The molecule has 0 amide bonds. The van der Waals surface area contributed by atoms with Crippen LogP contribution in [0.5, 0.6) is 0 Å². The van der Waals surface area contributed by atoms with Gasteiger partial charge in [0.1, 0.15) is 0 Å². The van der Waals surface area contributed by atoms with E-state index in [2.05, 4.69) is 6.07 Å². The van der Waals surface area contributed by atoms with Gasteiger partial charge in [-0.25, -0.2) is 0 Å². The Morgan fingerprint density at radius 3 is 2.92 bits per heavy atom. The lowest BCUT2D eigenvalue weighted by molar-refractivity contribution is 0.778. The van der Waals surface area contributed by atoms with Crippen LogP contribution >= 0.6 is 11.3 Å². The number of hydrogen-bond donors (Lipinski definition) is 0. The van der Waals surface area contributed by atoms with Gasteiger partial charge in [-0.15, -0.1) is 0 Å². The highest BCUT2D eigenvalue weighted by Crippen LogP contribution is 2.18. The standard InChI is InChI=1S/C10H11NOS/c1-3-11-8-6-7(2)4-5-9(8)13-10(11)12/h4-6H,3H2,1-2H3. The minimum absolute atomic E-state index is 0.142. The van der Waals surface area contributed by atoms with E-state index in [4.69, 9.17) is 0 Å². The second kappa shape index (κ2) is 3.00. The predicted octanol–water partition coefficient (Wildman–Crippen LogP) is 2.39. The lowest BCUT2D eigenvalue weighted by Gasteiger charge is -1.98. The average molecular weight is 193 g/mol. The molecule has 0 bridgehead atoms. The van der Waals surface area contributed by atoms with Crippen molar-refractivity contribution in [2.45, 2.75) is 20.4 Å². The quantitative estimate of drug-likeness (QED) is 0.681. The molecule has 0 spiro atoms. The first-order chi connectivity index (χ1) is 6.22. The van der Waals surface area contributed by atoms with E-state index >= 15 is 0 Å². The van der Waals surface area contributed by atoms with Gasteiger partial charge < -0.3 is 0 Å². The fraction of sp³-hybridized carbons (Fsp3) is 0.300. The molecular weight excluding hydrogens is 182 g/mol. The van der Waals surface area contributed by atoms with E-state index in [9.17, 15) is 4.79 Å². The smallest absolute Gasteiger partial charge is 0.299 e. The molecule has 0 aliphatic heterocycles. The van der Waals surface area contributed by atoms with Crippen molar-refractivity contribution in [3.05, 3.63) is 33.4 Å². The van der Waals surface area contributed by atoms with Crippen LogP contribution in [0.1, 0.15) is 12.5 Å². The van der Waals surface area contributed by atoms with Gasteiger partial charge in [0.05, 0.1) is 10.2 Å². The van der Waals surface area contributed by atoms with Crippen LogP contribution in [-0.2, 0) is 6.54 Å². The summed E-state index contributed by atoms with van der Waals surface area (Å²) in [4.78, 5) is 11.6. The Balaban J connectivity index is 2.89. The van der Waals surface area contributed by atoms with Crippen molar-refractivity contribution in [3.63, 3.8) is 0 Å². The molecule has 0 atom stereocenters. The van der Waals surface area contributed by atoms with Crippen LogP contribution in [0.4, 0.5) is 0 Å². The Labute approximate surface area is 80.4 Å². The van der Waals surface area contributed by atoms with Crippen LogP contribution < -0.4 is 4.87 Å². The predicted molar refractivity (Wildman–Crippen MR) is 56.5 cm³/mol. The highest BCUT2D eigenvalue weighted by Gasteiger charge is 2.04. The minimum atomic E-state index is 0.142. The molecule has 1 heterocycles. The summed E-state index contributed by atoms with van der Waals surface area (Å²) >= 11 is 1.32. The molecular formula is C10H11NOS. The van der Waals surface area contributed by atoms with Crippen molar-refractivity contribution >= 4 is 21.6 Å². The molecule has 3 heteroatoms. The van der Waals surface area contributed by atoms with E-state index < -0.39 is 0 Å². The summed E-state index contributed by atoms with van der Waals surface area (Å²) in [5.74, 6) is 0. The number of nitrogens with zero attached hydrogens (tertiary/aromatic N) is 1. The third-order valence-electron chi connectivity index (χ3n) is 2.14. The Hall–Kier alpha value is -1.09. The number of hydrogen-bond acceptors (Lipinski definition) is 2. The fourth-order valence-corrected chi connectivity index (χ4v) is 2.41. The molecule has 2 aromatic rings. The van der Waals surface area contributed by atoms with Gasteiger partial charge in [0.15, 0.2) is 0 Å². The van der Waals surface area contributed by atoms with Gasteiger partial charge in [0.25, 0.3) is 0 Å². The van der Waals surface area contributed by atoms with E-state index in [-0.39, 0.29) is 4.87 Å². The second-order valence-corrected chi connectivity index (χ2v) is 4.08. The third kappa shape index (κ3) is 1.29. The monoisotopic (exact) mass is 193 g/mol. The number of aromatic nitrogens is 1. The van der Waals surface area contributed by atoms with Gasteiger partial charge in [0.2, 0.25) is 0 Å². The molecule has 0 unspecified atom stereocenters. The van der Waals surface area contributed by atoms with Crippen LogP contribution in [0.2, 0.25) is 0 Å². The zero-order valence-corrected chi connectivity index (χ0v) is 8.52. The van der Waals surface area contributed by atoms with Gasteiger partial charge >= 0.3 is 4.87 Å². The van der Waals surface area contributed by atoms with Gasteiger partial charge in [0, 0.05) is 6.54 Å². The number of fused-ring (bicyclic) bond motifs is 1. The van der Waals surface area contributed by atoms with Crippen LogP contribution in [0.25, 0.3) is 10.2 Å². The molecule has 0 saturated carbocycles. The van der Waals surface area contributed by atoms with E-state index in [0.29, 0.717) is 0 Å². The van der Waals surface area contributed by atoms with Crippen molar-refractivity contribution in [3.8, 4) is 0 Å². The minimum Gasteiger partial charge on any atom is -0.299 e. The van der Waals surface area contributed by atoms with Crippen LogP contribution in [0, 0.1) is 6.92 Å². The van der Waals surface area contributed by atoms with Gasteiger partial charge in [-0.2, -0.15) is 0 Å². The average Bonchev–Trinajstić information content (AvgIpc) is 2.40. The Morgan fingerprint density at radius 1 is 1.46 bits per heavy atom. The van der Waals surface area contributed by atoms with E-state index in [1.54, 1.807) is 0 Å². The van der Waals surface area contributed by atoms with Crippen LogP contribution in [0.3, 0.4) is 0 Å². The molecule has 0 aliphatic rings. The summed E-state index contributed by atoms with van der Waals surface area (Å²) in [6.45, 7) is 4.79. The number of aryl methyl sites for hydroxylation is 2. The summed E-state index contributed by atoms with van der Waals surface area (Å²) in [6, 6.07) is 6.12. The summed E-state index contributed by atoms with van der Waals surface area (Å²) in [7, 11) is 0. The molecule has 0 N–H and O–H groups in total. The first kappa shape index (κ1) is 8.51. The molecule has 2 nitrogen and oxygen atoms in total. The lowest BCUT2D eigenvalue weighted by Crippen LogP contribution is -2.10. The SMILES string of the molecule is CCn1c(=O)sc2ccc(C)cc21. The maximum Gasteiger partial charge on any atom is 0.308 e. The summed E-state index contributed by atoms with van der Waals surface area (Å²) < 4.78 is 2.89. The van der Waals surface area contributed by atoms with Crippen molar-refractivity contribution < 1.29 is 0 Å². The van der Waals surface area contributed by atoms with E-state index in [0.717, 1.165) is 16.8 Å². The molecule has 68 valence electrons. The van der Waals surface area contributed by atoms with Crippen molar-refractivity contribution in [2.75, 3.05) is 0 Å². The zero-order chi connectivity index (χ0) is 9.42. The summed E-state index contributed by atoms with van der Waals surface area (Å²) in [5.41, 5.74) is 2.27. The molecule has 2 rings (SSSR count). The van der Waals surface area contributed by atoms with Gasteiger partial charge in [-0.05, 0) is 31.5 Å². The lowest BCUT2D eigenvalue weighted by atomic mass is 10.2. The zero-order valence-electron chi connectivity index (χ0n) is 7.70. The normalized spacial score (nSPS) is 10.9. The second-order valence-electron chi connectivity index (χ2n) is 3.08. The Morgan fingerprint density at radius 2 is 2.23 bits per heavy atom. The summed E-state index contributed by atoms with van der Waals surface area (Å²) in [5, 5.41) is 0. The molecule has 0 radical (unpaired) electrons. The topological polar surface area (TPSA) is 22.0 Å². The molecule has 13 heavy (non-hydrogen) atoms. The number of thiazole rings is 1. The van der Waals surface area contributed by atoms with Crippen LogP contribution in [-0.4, -0.2) is 4.57 Å². The molecule has 0 saturated heterocycles. The van der Waals surface area contributed by atoms with Gasteiger partial charge in [-0.3, -0.25) is 9.36 Å². The highest BCUT2D eigenvalue weighted by molar-refractivity contribution is 7.16.